The highest BCUT2D eigenvalue weighted by Gasteiger charge is 2.28. The molecule has 0 saturated carbocycles. The van der Waals surface area contributed by atoms with Crippen molar-refractivity contribution >= 4 is 28.9 Å². The second kappa shape index (κ2) is 7.89. The summed E-state index contributed by atoms with van der Waals surface area (Å²) in [6, 6.07) is 7.60. The molecule has 1 heterocycles. The molecule has 0 aromatic heterocycles. The zero-order chi connectivity index (χ0) is 19.6. The van der Waals surface area contributed by atoms with Gasteiger partial charge in [-0.15, -0.1) is 0 Å². The minimum Gasteiger partial charge on any atom is -0.367 e. The van der Waals surface area contributed by atoms with Crippen molar-refractivity contribution < 1.29 is 18.0 Å². The Balaban J connectivity index is 1.64. The molecule has 1 saturated heterocycles. The van der Waals surface area contributed by atoms with Crippen LogP contribution >= 0.6 is 11.6 Å². The molecule has 27 heavy (non-hydrogen) atoms. The second-order valence-electron chi connectivity index (χ2n) is 6.28. The molecular formula is C19H15ClF3N3O. The van der Waals surface area contributed by atoms with Gasteiger partial charge in [-0.25, -0.2) is 13.2 Å². The van der Waals surface area contributed by atoms with Gasteiger partial charge in [0.15, 0.2) is 11.6 Å². The second-order valence-corrected chi connectivity index (χ2v) is 6.69. The van der Waals surface area contributed by atoms with Crippen LogP contribution in [0.2, 0.25) is 5.02 Å². The number of nitriles is 1. The Hall–Kier alpha value is -2.72. The smallest absolute Gasteiger partial charge is 0.227 e. The first-order chi connectivity index (χ1) is 12.9. The number of hydrogen-bond donors (Lipinski definition) is 1. The first-order valence-corrected chi connectivity index (χ1v) is 8.67. The van der Waals surface area contributed by atoms with Gasteiger partial charge in [0.2, 0.25) is 5.91 Å². The maximum atomic E-state index is 14.1. The van der Waals surface area contributed by atoms with Crippen LogP contribution in [0.4, 0.5) is 24.5 Å². The molecule has 2 aromatic rings. The van der Waals surface area contributed by atoms with Crippen LogP contribution in [0.25, 0.3) is 0 Å². The van der Waals surface area contributed by atoms with E-state index in [1.807, 2.05) is 0 Å². The van der Waals surface area contributed by atoms with E-state index in [9.17, 15) is 18.0 Å². The van der Waals surface area contributed by atoms with Crippen LogP contribution in [-0.4, -0.2) is 19.0 Å². The Kier molecular flexibility index (Phi) is 5.57. The fourth-order valence-electron chi connectivity index (χ4n) is 3.12. The number of hydrogen-bond acceptors (Lipinski definition) is 3. The van der Waals surface area contributed by atoms with Crippen LogP contribution in [0.1, 0.15) is 18.4 Å². The van der Waals surface area contributed by atoms with Crippen molar-refractivity contribution in [3.63, 3.8) is 0 Å². The van der Waals surface area contributed by atoms with Crippen molar-refractivity contribution in [2.75, 3.05) is 23.3 Å². The van der Waals surface area contributed by atoms with Gasteiger partial charge in [-0.05, 0) is 43.2 Å². The summed E-state index contributed by atoms with van der Waals surface area (Å²) >= 11 is 5.70. The van der Waals surface area contributed by atoms with E-state index < -0.39 is 17.5 Å². The average Bonchev–Trinajstić information content (AvgIpc) is 2.64. The van der Waals surface area contributed by atoms with E-state index in [-0.39, 0.29) is 28.1 Å². The van der Waals surface area contributed by atoms with Crippen LogP contribution in [0, 0.1) is 34.7 Å². The highest BCUT2D eigenvalue weighted by molar-refractivity contribution is 6.31. The Morgan fingerprint density at radius 3 is 2.30 bits per heavy atom. The van der Waals surface area contributed by atoms with Crippen molar-refractivity contribution in [1.29, 1.82) is 5.26 Å². The Morgan fingerprint density at radius 2 is 1.74 bits per heavy atom. The maximum Gasteiger partial charge on any atom is 0.227 e. The topological polar surface area (TPSA) is 56.1 Å². The van der Waals surface area contributed by atoms with Crippen molar-refractivity contribution in [2.24, 2.45) is 5.92 Å². The number of carbonyl (C=O) groups excluding carboxylic acids is 1. The van der Waals surface area contributed by atoms with Crippen LogP contribution in [-0.2, 0) is 4.79 Å². The molecule has 1 aliphatic heterocycles. The van der Waals surface area contributed by atoms with E-state index in [2.05, 4.69) is 5.32 Å². The van der Waals surface area contributed by atoms with Crippen LogP contribution in [0.3, 0.4) is 0 Å². The van der Waals surface area contributed by atoms with Crippen LogP contribution in [0.15, 0.2) is 30.3 Å². The summed E-state index contributed by atoms with van der Waals surface area (Å²) < 4.78 is 41.5. The molecule has 1 aliphatic rings. The van der Waals surface area contributed by atoms with Gasteiger partial charge in [-0.1, -0.05) is 11.6 Å². The average molecular weight is 394 g/mol. The third-order valence-corrected chi connectivity index (χ3v) is 4.80. The van der Waals surface area contributed by atoms with Gasteiger partial charge in [-0.3, -0.25) is 4.79 Å². The predicted octanol–water partition coefficient (Wildman–Crippen LogP) is 4.48. The molecule has 0 unspecified atom stereocenters. The van der Waals surface area contributed by atoms with Crippen molar-refractivity contribution in [3.8, 4) is 6.07 Å². The Morgan fingerprint density at radius 1 is 1.11 bits per heavy atom. The SMILES string of the molecule is N#Cc1cc(F)c(N2CCC(C(=O)Nc3ccc(F)c(Cl)c3)CC2)c(F)c1. The molecule has 0 radical (unpaired) electrons. The van der Waals surface area contributed by atoms with Gasteiger partial charge in [-0.2, -0.15) is 5.26 Å². The number of nitrogens with one attached hydrogen (secondary N) is 1. The standard InChI is InChI=1S/C19H15ClF3N3O/c20-14-9-13(1-2-15(14)21)25-19(27)12-3-5-26(6-4-12)18-16(22)7-11(10-24)8-17(18)23/h1-2,7-9,12H,3-6H2,(H,25,27). The number of piperidine rings is 1. The zero-order valence-corrected chi connectivity index (χ0v) is 14.9. The summed E-state index contributed by atoms with van der Waals surface area (Å²) in [5.74, 6) is -2.76. The van der Waals surface area contributed by atoms with Gasteiger partial charge in [0, 0.05) is 24.7 Å². The molecule has 4 nitrogen and oxygen atoms in total. The molecule has 8 heteroatoms. The normalized spacial score (nSPS) is 14.7. The molecule has 3 rings (SSSR count). The van der Waals surface area contributed by atoms with E-state index in [0.717, 1.165) is 18.2 Å². The quantitative estimate of drug-likeness (QED) is 0.836. The molecular weight excluding hydrogens is 379 g/mol. The lowest BCUT2D eigenvalue weighted by Crippen LogP contribution is -2.39. The highest BCUT2D eigenvalue weighted by atomic mass is 35.5. The number of nitrogens with zero attached hydrogens (tertiary/aromatic N) is 2. The van der Waals surface area contributed by atoms with Gasteiger partial charge < -0.3 is 10.2 Å². The van der Waals surface area contributed by atoms with E-state index in [0.29, 0.717) is 31.6 Å². The monoisotopic (exact) mass is 393 g/mol. The summed E-state index contributed by atoms with van der Waals surface area (Å²) in [7, 11) is 0. The van der Waals surface area contributed by atoms with Gasteiger partial charge in [0.05, 0.1) is 16.7 Å². The molecule has 2 aromatic carbocycles. The summed E-state index contributed by atoms with van der Waals surface area (Å²) in [5.41, 5.74) is 0.122. The molecule has 0 bridgehead atoms. The number of amides is 1. The zero-order valence-electron chi connectivity index (χ0n) is 14.1. The van der Waals surface area contributed by atoms with Crippen molar-refractivity contribution in [3.05, 3.63) is 58.4 Å². The summed E-state index contributed by atoms with van der Waals surface area (Å²) in [6.45, 7) is 0.587. The molecule has 140 valence electrons. The summed E-state index contributed by atoms with van der Waals surface area (Å²) in [5, 5.41) is 11.4. The predicted molar refractivity (Wildman–Crippen MR) is 96.0 cm³/mol. The van der Waals surface area contributed by atoms with Gasteiger partial charge in [0.1, 0.15) is 11.5 Å². The highest BCUT2D eigenvalue weighted by Crippen LogP contribution is 2.30. The number of rotatable bonds is 3. The third kappa shape index (κ3) is 4.17. The third-order valence-electron chi connectivity index (χ3n) is 4.52. The minimum absolute atomic E-state index is 0.0824. The van der Waals surface area contributed by atoms with Gasteiger partial charge >= 0.3 is 0 Å². The maximum absolute atomic E-state index is 14.1. The molecule has 1 fully saturated rings. The number of halogens is 4. The molecule has 1 amide bonds. The fraction of sp³-hybridized carbons (Fsp3) is 0.263. The van der Waals surface area contributed by atoms with Crippen molar-refractivity contribution in [1.82, 2.24) is 0 Å². The largest absolute Gasteiger partial charge is 0.367 e. The lowest BCUT2D eigenvalue weighted by molar-refractivity contribution is -0.120. The van der Waals surface area contributed by atoms with Crippen LogP contribution < -0.4 is 10.2 Å². The number of anilines is 2. The first-order valence-electron chi connectivity index (χ1n) is 8.29. The van der Waals surface area contributed by atoms with E-state index in [1.165, 1.54) is 17.0 Å². The Bertz CT molecular complexity index is 898. The van der Waals surface area contributed by atoms with E-state index in [1.54, 1.807) is 6.07 Å². The lowest BCUT2D eigenvalue weighted by atomic mass is 9.95. The number of benzene rings is 2. The molecule has 0 atom stereocenters. The van der Waals surface area contributed by atoms with Gasteiger partial charge in [0.25, 0.3) is 0 Å². The Labute approximate surface area is 159 Å². The van der Waals surface area contributed by atoms with E-state index in [4.69, 9.17) is 16.9 Å². The lowest BCUT2D eigenvalue weighted by Gasteiger charge is -2.33. The first kappa shape index (κ1) is 19.1. The van der Waals surface area contributed by atoms with E-state index >= 15 is 0 Å². The summed E-state index contributed by atoms with van der Waals surface area (Å²) in [6.07, 6.45) is 0.805. The van der Waals surface area contributed by atoms with Crippen LogP contribution in [0.5, 0.6) is 0 Å². The number of carbonyl (C=O) groups is 1. The summed E-state index contributed by atoms with van der Waals surface area (Å²) in [4.78, 5) is 13.9. The molecule has 0 aliphatic carbocycles. The van der Waals surface area contributed by atoms with Crippen molar-refractivity contribution in [2.45, 2.75) is 12.8 Å². The molecule has 1 N–H and O–H groups in total. The fourth-order valence-corrected chi connectivity index (χ4v) is 3.30. The minimum atomic E-state index is -0.796. The molecule has 0 spiro atoms.